The molecular formula is C21H34IN5O. The van der Waals surface area contributed by atoms with E-state index in [2.05, 4.69) is 70.8 Å². The summed E-state index contributed by atoms with van der Waals surface area (Å²) >= 11 is 0. The number of guanidine groups is 1. The number of nitrogens with one attached hydrogen (secondary N) is 2. The highest BCUT2D eigenvalue weighted by atomic mass is 127. The summed E-state index contributed by atoms with van der Waals surface area (Å²) in [7, 11) is 3.94. The van der Waals surface area contributed by atoms with E-state index >= 15 is 0 Å². The molecule has 156 valence electrons. The molecule has 0 fully saturated rings. The third-order valence-corrected chi connectivity index (χ3v) is 4.67. The second kappa shape index (κ2) is 13.4. The van der Waals surface area contributed by atoms with Gasteiger partial charge in [-0.3, -0.25) is 4.99 Å². The van der Waals surface area contributed by atoms with E-state index in [9.17, 15) is 0 Å². The van der Waals surface area contributed by atoms with Crippen LogP contribution < -0.4 is 15.5 Å². The fraction of sp³-hybridized carbons (Fsp3) is 0.524. The smallest absolute Gasteiger partial charge is 0.191 e. The molecule has 0 saturated carbocycles. The van der Waals surface area contributed by atoms with E-state index in [1.807, 2.05) is 6.07 Å². The highest BCUT2D eigenvalue weighted by molar-refractivity contribution is 14.0. The number of aromatic nitrogens is 1. The van der Waals surface area contributed by atoms with Crippen LogP contribution in [0.4, 0.5) is 5.69 Å². The molecule has 0 amide bonds. The van der Waals surface area contributed by atoms with Gasteiger partial charge in [0.1, 0.15) is 5.76 Å². The Kier molecular flexibility index (Phi) is 11.6. The standard InChI is InChI=1S/C21H33N5O.HI/c1-5-19-18(20(6-2)27-25-19)16-24-21(22-3)23-14-10-11-15-26(4)17-12-8-7-9-13-17;/h7-9,12-13H,5-6,10-11,14-16H2,1-4H3,(H2,22,23,24);1H. The zero-order valence-corrected chi connectivity index (χ0v) is 19.8. The molecule has 2 aromatic rings. The summed E-state index contributed by atoms with van der Waals surface area (Å²) in [4.78, 5) is 6.60. The molecule has 0 bridgehead atoms. The van der Waals surface area contributed by atoms with Gasteiger partial charge < -0.3 is 20.1 Å². The molecule has 2 rings (SSSR count). The first-order valence-electron chi connectivity index (χ1n) is 9.86. The summed E-state index contributed by atoms with van der Waals surface area (Å²) in [5.41, 5.74) is 3.45. The molecule has 0 radical (unpaired) electrons. The van der Waals surface area contributed by atoms with Crippen molar-refractivity contribution in [3.8, 4) is 0 Å². The normalized spacial score (nSPS) is 11.1. The highest BCUT2D eigenvalue weighted by Gasteiger charge is 2.13. The average Bonchev–Trinajstić information content (AvgIpc) is 3.12. The number of hydrogen-bond donors (Lipinski definition) is 2. The van der Waals surface area contributed by atoms with Crippen molar-refractivity contribution in [3.05, 3.63) is 47.3 Å². The van der Waals surface area contributed by atoms with Gasteiger partial charge in [0.15, 0.2) is 5.96 Å². The number of anilines is 1. The number of aliphatic imine (C=N–C) groups is 1. The van der Waals surface area contributed by atoms with Crippen molar-refractivity contribution in [1.82, 2.24) is 15.8 Å². The van der Waals surface area contributed by atoms with Crippen LogP contribution in [0.3, 0.4) is 0 Å². The molecule has 2 N–H and O–H groups in total. The Labute approximate surface area is 186 Å². The maximum atomic E-state index is 5.42. The van der Waals surface area contributed by atoms with Crippen molar-refractivity contribution in [2.75, 3.05) is 32.1 Å². The van der Waals surface area contributed by atoms with Crippen molar-refractivity contribution in [2.45, 2.75) is 46.1 Å². The van der Waals surface area contributed by atoms with Gasteiger partial charge in [-0.15, -0.1) is 24.0 Å². The number of para-hydroxylation sites is 1. The Hall–Kier alpha value is -1.77. The fourth-order valence-corrected chi connectivity index (χ4v) is 3.02. The van der Waals surface area contributed by atoms with Gasteiger partial charge in [0.2, 0.25) is 0 Å². The first-order chi connectivity index (χ1) is 13.2. The van der Waals surface area contributed by atoms with Crippen LogP contribution in [-0.2, 0) is 19.4 Å². The van der Waals surface area contributed by atoms with Crippen molar-refractivity contribution in [3.63, 3.8) is 0 Å². The molecule has 1 aromatic heterocycles. The van der Waals surface area contributed by atoms with E-state index in [-0.39, 0.29) is 24.0 Å². The number of rotatable bonds is 10. The van der Waals surface area contributed by atoms with E-state index < -0.39 is 0 Å². The number of nitrogens with zero attached hydrogens (tertiary/aromatic N) is 3. The topological polar surface area (TPSA) is 65.7 Å². The summed E-state index contributed by atoms with van der Waals surface area (Å²) < 4.78 is 5.42. The monoisotopic (exact) mass is 499 g/mol. The zero-order valence-electron chi connectivity index (χ0n) is 17.5. The van der Waals surface area contributed by atoms with Crippen LogP contribution in [0.1, 0.15) is 43.7 Å². The number of benzene rings is 1. The van der Waals surface area contributed by atoms with E-state index in [1.165, 1.54) is 5.69 Å². The van der Waals surface area contributed by atoms with Gasteiger partial charge in [0.25, 0.3) is 0 Å². The van der Waals surface area contributed by atoms with Crippen molar-refractivity contribution in [2.24, 2.45) is 4.99 Å². The number of unbranched alkanes of at least 4 members (excludes halogenated alkanes) is 1. The van der Waals surface area contributed by atoms with Gasteiger partial charge in [-0.25, -0.2) is 0 Å². The maximum Gasteiger partial charge on any atom is 0.191 e. The van der Waals surface area contributed by atoms with E-state index in [0.717, 1.165) is 61.7 Å². The minimum Gasteiger partial charge on any atom is -0.375 e. The van der Waals surface area contributed by atoms with Crippen molar-refractivity contribution < 1.29 is 4.52 Å². The number of hydrogen-bond acceptors (Lipinski definition) is 4. The minimum atomic E-state index is 0. The largest absolute Gasteiger partial charge is 0.375 e. The van der Waals surface area contributed by atoms with Crippen LogP contribution in [-0.4, -0.2) is 38.3 Å². The third kappa shape index (κ3) is 7.33. The Bertz CT molecular complexity index is 681. The summed E-state index contributed by atoms with van der Waals surface area (Å²) in [6.45, 7) is 6.81. The van der Waals surface area contributed by atoms with Gasteiger partial charge in [0, 0.05) is 51.4 Å². The van der Waals surface area contributed by atoms with Crippen LogP contribution in [0.25, 0.3) is 0 Å². The highest BCUT2D eigenvalue weighted by Crippen LogP contribution is 2.15. The summed E-state index contributed by atoms with van der Waals surface area (Å²) in [6, 6.07) is 10.5. The van der Waals surface area contributed by atoms with Crippen molar-refractivity contribution >= 4 is 35.6 Å². The molecule has 6 nitrogen and oxygen atoms in total. The second-order valence-corrected chi connectivity index (χ2v) is 6.55. The first-order valence-corrected chi connectivity index (χ1v) is 9.86. The van der Waals surface area contributed by atoms with E-state index in [4.69, 9.17) is 4.52 Å². The van der Waals surface area contributed by atoms with Crippen molar-refractivity contribution in [1.29, 1.82) is 0 Å². The molecule has 7 heteroatoms. The Morgan fingerprint density at radius 2 is 1.86 bits per heavy atom. The molecular weight excluding hydrogens is 465 g/mol. The van der Waals surface area contributed by atoms with Crippen LogP contribution in [0, 0.1) is 0 Å². The van der Waals surface area contributed by atoms with Crippen LogP contribution in [0.2, 0.25) is 0 Å². The summed E-state index contributed by atoms with van der Waals surface area (Å²) in [5.74, 6) is 1.77. The zero-order chi connectivity index (χ0) is 19.5. The Balaban J connectivity index is 0.00000392. The fourth-order valence-electron chi connectivity index (χ4n) is 3.02. The summed E-state index contributed by atoms with van der Waals surface area (Å²) in [5, 5.41) is 10.9. The average molecular weight is 499 g/mol. The number of aryl methyl sites for hydroxylation is 2. The SMILES string of the molecule is CCc1noc(CC)c1CNC(=NC)NCCCCN(C)c1ccccc1.I. The summed E-state index contributed by atoms with van der Waals surface area (Å²) in [6.07, 6.45) is 3.94. The molecule has 0 unspecified atom stereocenters. The van der Waals surface area contributed by atoms with Gasteiger partial charge in [-0.1, -0.05) is 37.2 Å². The first kappa shape index (κ1) is 24.3. The van der Waals surface area contributed by atoms with Crippen LogP contribution >= 0.6 is 24.0 Å². The van der Waals surface area contributed by atoms with E-state index in [0.29, 0.717) is 6.54 Å². The lowest BCUT2D eigenvalue weighted by Gasteiger charge is -2.19. The molecule has 0 aliphatic rings. The molecule has 0 atom stereocenters. The number of halogens is 1. The lowest BCUT2D eigenvalue weighted by molar-refractivity contribution is 0.380. The van der Waals surface area contributed by atoms with Crippen LogP contribution in [0.15, 0.2) is 39.8 Å². The minimum absolute atomic E-state index is 0. The Morgan fingerprint density at radius 1 is 1.11 bits per heavy atom. The molecule has 1 heterocycles. The van der Waals surface area contributed by atoms with Gasteiger partial charge in [-0.05, 0) is 31.4 Å². The molecule has 1 aromatic carbocycles. The molecule has 0 aliphatic carbocycles. The predicted molar refractivity (Wildman–Crippen MR) is 128 cm³/mol. The quantitative estimate of drug-likeness (QED) is 0.224. The van der Waals surface area contributed by atoms with E-state index in [1.54, 1.807) is 7.05 Å². The third-order valence-electron chi connectivity index (χ3n) is 4.67. The predicted octanol–water partition coefficient (Wildman–Crippen LogP) is 4.00. The second-order valence-electron chi connectivity index (χ2n) is 6.55. The molecule has 0 aliphatic heterocycles. The molecule has 0 saturated heterocycles. The van der Waals surface area contributed by atoms with Gasteiger partial charge in [-0.2, -0.15) is 0 Å². The lowest BCUT2D eigenvalue weighted by atomic mass is 10.1. The molecule has 0 spiro atoms. The lowest BCUT2D eigenvalue weighted by Crippen LogP contribution is -2.37. The van der Waals surface area contributed by atoms with Gasteiger partial charge >= 0.3 is 0 Å². The Morgan fingerprint density at radius 3 is 2.50 bits per heavy atom. The van der Waals surface area contributed by atoms with Crippen LogP contribution in [0.5, 0.6) is 0 Å². The molecule has 28 heavy (non-hydrogen) atoms. The van der Waals surface area contributed by atoms with Gasteiger partial charge in [0.05, 0.1) is 5.69 Å². The maximum absolute atomic E-state index is 5.42.